The number of para-hydroxylation sites is 1. The number of aromatic nitrogens is 1. The van der Waals surface area contributed by atoms with E-state index in [1.165, 1.54) is 16.3 Å². The van der Waals surface area contributed by atoms with Crippen molar-refractivity contribution in [1.29, 1.82) is 0 Å². The molecule has 0 spiro atoms. The van der Waals surface area contributed by atoms with Gasteiger partial charge in [0.25, 0.3) is 5.91 Å². The summed E-state index contributed by atoms with van der Waals surface area (Å²) in [5.41, 5.74) is 4.45. The van der Waals surface area contributed by atoms with E-state index in [0.29, 0.717) is 27.7 Å². The molecule has 1 N–H and O–H groups in total. The molecular weight excluding hydrogens is 384 g/mol. The number of nitrogens with zero attached hydrogens (tertiary/aromatic N) is 4. The van der Waals surface area contributed by atoms with Gasteiger partial charge in [0.2, 0.25) is 5.13 Å². The second-order valence-corrected chi connectivity index (χ2v) is 7.72. The topological polar surface area (TPSA) is 69.0 Å². The van der Waals surface area contributed by atoms with Crippen LogP contribution in [0.5, 0.6) is 5.75 Å². The maximum atomic E-state index is 13.0. The summed E-state index contributed by atoms with van der Waals surface area (Å²) in [5, 5.41) is 18.0. The molecule has 0 atom stereocenters. The molecule has 0 radical (unpaired) electrons. The Hall–Kier alpha value is -3.45. The number of hydrogen-bond acceptors (Lipinski definition) is 6. The zero-order valence-corrected chi connectivity index (χ0v) is 17.1. The average Bonchev–Trinajstić information content (AvgIpc) is 3.29. The Balaban J connectivity index is 1.60. The number of phenolic OH excluding ortho intramolecular Hbond substituents is 1. The van der Waals surface area contributed by atoms with Gasteiger partial charge in [0.05, 0.1) is 17.0 Å². The molecule has 0 fully saturated rings. The Morgan fingerprint density at radius 1 is 1.10 bits per heavy atom. The summed E-state index contributed by atoms with van der Waals surface area (Å²) in [7, 11) is 3.97. The summed E-state index contributed by atoms with van der Waals surface area (Å²) in [6.07, 6.45) is 1.85. The lowest BCUT2D eigenvalue weighted by Gasteiger charge is -2.12. The third kappa shape index (κ3) is 3.64. The normalized spacial score (nSPS) is 15.1. The van der Waals surface area contributed by atoms with Crippen LogP contribution in [-0.2, 0) is 4.79 Å². The molecule has 2 heterocycles. The molecule has 0 saturated carbocycles. The molecule has 4 rings (SSSR count). The van der Waals surface area contributed by atoms with Gasteiger partial charge in [-0.05, 0) is 42.8 Å². The first-order valence-electron chi connectivity index (χ1n) is 9.07. The van der Waals surface area contributed by atoms with Crippen LogP contribution in [0.2, 0.25) is 0 Å². The SMILES string of the molecule is CC1=NN(c2nc(-c3ccccc3O)cs2)C(=O)/C1=C\c1ccc(N(C)C)cc1. The highest BCUT2D eigenvalue weighted by Crippen LogP contribution is 2.34. The van der Waals surface area contributed by atoms with Gasteiger partial charge in [0.15, 0.2) is 0 Å². The Kier molecular flexibility index (Phi) is 4.90. The molecule has 29 heavy (non-hydrogen) atoms. The summed E-state index contributed by atoms with van der Waals surface area (Å²) in [6.45, 7) is 1.81. The predicted octanol–water partition coefficient (Wildman–Crippen LogP) is 4.39. The van der Waals surface area contributed by atoms with Gasteiger partial charge in [0, 0.05) is 30.7 Å². The van der Waals surface area contributed by atoms with Crippen LogP contribution >= 0.6 is 11.3 Å². The van der Waals surface area contributed by atoms with Crippen molar-refractivity contribution in [2.24, 2.45) is 5.10 Å². The number of anilines is 2. The second-order valence-electron chi connectivity index (χ2n) is 6.88. The fourth-order valence-corrected chi connectivity index (χ4v) is 3.80. The van der Waals surface area contributed by atoms with E-state index in [1.807, 2.05) is 67.7 Å². The van der Waals surface area contributed by atoms with E-state index >= 15 is 0 Å². The number of carbonyl (C=O) groups excluding carboxylic acids is 1. The van der Waals surface area contributed by atoms with E-state index in [-0.39, 0.29) is 11.7 Å². The zero-order chi connectivity index (χ0) is 20.5. The van der Waals surface area contributed by atoms with Gasteiger partial charge in [-0.1, -0.05) is 24.3 Å². The van der Waals surface area contributed by atoms with Crippen molar-refractivity contribution in [3.63, 3.8) is 0 Å². The lowest BCUT2D eigenvalue weighted by atomic mass is 10.1. The van der Waals surface area contributed by atoms with Gasteiger partial charge in [-0.25, -0.2) is 4.98 Å². The van der Waals surface area contributed by atoms with Gasteiger partial charge in [-0.15, -0.1) is 11.3 Å². The van der Waals surface area contributed by atoms with Crippen molar-refractivity contribution in [3.05, 3.63) is 65.0 Å². The van der Waals surface area contributed by atoms with Gasteiger partial charge in [-0.3, -0.25) is 4.79 Å². The van der Waals surface area contributed by atoms with Gasteiger partial charge in [-0.2, -0.15) is 10.1 Å². The van der Waals surface area contributed by atoms with Crippen LogP contribution in [0.1, 0.15) is 12.5 Å². The number of aromatic hydroxyl groups is 1. The predicted molar refractivity (Wildman–Crippen MR) is 119 cm³/mol. The number of phenols is 1. The zero-order valence-electron chi connectivity index (χ0n) is 16.3. The smallest absolute Gasteiger partial charge is 0.282 e. The third-order valence-electron chi connectivity index (χ3n) is 4.64. The molecule has 2 aromatic carbocycles. The van der Waals surface area contributed by atoms with Gasteiger partial charge in [0.1, 0.15) is 5.75 Å². The van der Waals surface area contributed by atoms with Crippen molar-refractivity contribution in [2.45, 2.75) is 6.92 Å². The van der Waals surface area contributed by atoms with Gasteiger partial charge >= 0.3 is 0 Å². The molecule has 0 unspecified atom stereocenters. The maximum absolute atomic E-state index is 13.0. The third-order valence-corrected chi connectivity index (χ3v) is 5.45. The quantitative estimate of drug-likeness (QED) is 0.655. The van der Waals surface area contributed by atoms with Crippen LogP contribution in [0.4, 0.5) is 10.8 Å². The number of hydrogen-bond donors (Lipinski definition) is 1. The van der Waals surface area contributed by atoms with E-state index < -0.39 is 0 Å². The van der Waals surface area contributed by atoms with E-state index in [1.54, 1.807) is 18.2 Å². The number of rotatable bonds is 4. The summed E-state index contributed by atoms with van der Waals surface area (Å²) >= 11 is 1.31. The van der Waals surface area contributed by atoms with E-state index in [2.05, 4.69) is 10.1 Å². The number of hydrazone groups is 1. The average molecular weight is 404 g/mol. The molecule has 1 aromatic heterocycles. The summed E-state index contributed by atoms with van der Waals surface area (Å²) in [4.78, 5) is 19.5. The fraction of sp³-hybridized carbons (Fsp3) is 0.136. The minimum Gasteiger partial charge on any atom is -0.507 e. The number of thiazole rings is 1. The van der Waals surface area contributed by atoms with E-state index in [9.17, 15) is 9.90 Å². The van der Waals surface area contributed by atoms with Crippen molar-refractivity contribution in [3.8, 4) is 17.0 Å². The maximum Gasteiger partial charge on any atom is 0.282 e. The van der Waals surface area contributed by atoms with Gasteiger partial charge < -0.3 is 10.0 Å². The molecule has 7 heteroatoms. The molecule has 146 valence electrons. The van der Waals surface area contributed by atoms with Crippen molar-refractivity contribution >= 4 is 39.9 Å². The van der Waals surface area contributed by atoms with Crippen molar-refractivity contribution < 1.29 is 9.90 Å². The standard InChI is InChI=1S/C22H20N4O2S/c1-14-18(12-15-8-10-16(11-9-15)25(2)3)21(28)26(24-14)22-23-19(13-29-22)17-6-4-5-7-20(17)27/h4-13,27H,1-3H3/b18-12-. The minimum absolute atomic E-state index is 0.151. The molecule has 3 aromatic rings. The van der Waals surface area contributed by atoms with Crippen molar-refractivity contribution in [2.75, 3.05) is 24.0 Å². The van der Waals surface area contributed by atoms with Crippen LogP contribution in [0.3, 0.4) is 0 Å². The monoisotopic (exact) mass is 404 g/mol. The number of benzene rings is 2. The first-order valence-corrected chi connectivity index (χ1v) is 9.95. The Morgan fingerprint density at radius 3 is 2.52 bits per heavy atom. The molecule has 6 nitrogen and oxygen atoms in total. The lowest BCUT2D eigenvalue weighted by Crippen LogP contribution is -2.21. The molecule has 0 aliphatic carbocycles. The summed E-state index contributed by atoms with van der Waals surface area (Å²) in [6, 6.07) is 15.0. The lowest BCUT2D eigenvalue weighted by molar-refractivity contribution is -0.114. The highest BCUT2D eigenvalue weighted by atomic mass is 32.1. The first kappa shape index (κ1) is 18.9. The highest BCUT2D eigenvalue weighted by molar-refractivity contribution is 7.14. The molecule has 1 aliphatic heterocycles. The molecule has 1 aliphatic rings. The number of carbonyl (C=O) groups is 1. The largest absolute Gasteiger partial charge is 0.507 e. The van der Waals surface area contributed by atoms with Crippen molar-refractivity contribution in [1.82, 2.24) is 4.98 Å². The molecule has 0 bridgehead atoms. The van der Waals surface area contributed by atoms with E-state index in [0.717, 1.165) is 11.3 Å². The molecule has 0 saturated heterocycles. The molecular formula is C22H20N4O2S. The summed E-state index contributed by atoms with van der Waals surface area (Å²) < 4.78 is 0. The minimum atomic E-state index is -0.211. The van der Waals surface area contributed by atoms with Crippen LogP contribution in [0.25, 0.3) is 17.3 Å². The fourth-order valence-electron chi connectivity index (χ4n) is 3.02. The first-order chi connectivity index (χ1) is 13.9. The Morgan fingerprint density at radius 2 is 1.83 bits per heavy atom. The Bertz CT molecular complexity index is 1130. The Labute approximate surface area is 173 Å². The van der Waals surface area contributed by atoms with Crippen LogP contribution < -0.4 is 9.91 Å². The van der Waals surface area contributed by atoms with Crippen LogP contribution in [-0.4, -0.2) is 35.8 Å². The second kappa shape index (κ2) is 7.52. The van der Waals surface area contributed by atoms with Crippen LogP contribution in [0, 0.1) is 0 Å². The van der Waals surface area contributed by atoms with Crippen LogP contribution in [0.15, 0.2) is 64.6 Å². The summed E-state index contributed by atoms with van der Waals surface area (Å²) in [5.74, 6) is -0.0593. The number of amides is 1. The van der Waals surface area contributed by atoms with E-state index in [4.69, 9.17) is 0 Å². The molecule has 1 amide bonds. The highest BCUT2D eigenvalue weighted by Gasteiger charge is 2.30.